The number of carbonyl (C=O) groups excluding carboxylic acids is 2. The lowest BCUT2D eigenvalue weighted by Crippen LogP contribution is -2.59. The van der Waals surface area contributed by atoms with E-state index in [9.17, 15) is 9.59 Å². The third-order valence-electron chi connectivity index (χ3n) is 2.07. The van der Waals surface area contributed by atoms with Gasteiger partial charge in [0.1, 0.15) is 1.41 Å². The number of hydrogen-bond acceptors (Lipinski definition) is 3. The van der Waals surface area contributed by atoms with Crippen molar-refractivity contribution in [1.29, 1.82) is 0 Å². The van der Waals surface area contributed by atoms with Crippen LogP contribution >= 0.6 is 0 Å². The van der Waals surface area contributed by atoms with E-state index in [1.807, 2.05) is 13.8 Å². The first-order valence-electron chi connectivity index (χ1n) is 4.73. The predicted octanol–water partition coefficient (Wildman–Crippen LogP) is 0.389. The van der Waals surface area contributed by atoms with E-state index < -0.39 is 11.8 Å². The van der Waals surface area contributed by atoms with Crippen LogP contribution in [0.15, 0.2) is 0 Å². The molecule has 68 valence electrons. The van der Waals surface area contributed by atoms with Crippen molar-refractivity contribution in [1.82, 2.24) is 5.31 Å². The molecule has 0 bridgehead atoms. The van der Waals surface area contributed by atoms with Gasteiger partial charge in [0.05, 0.1) is 6.04 Å². The molecule has 2 atom stereocenters. The van der Waals surface area contributed by atoms with E-state index in [4.69, 9.17) is 1.41 Å². The molecule has 1 saturated carbocycles. The SMILES string of the molecule is [3H]N(CC(C)C)C1C(=O)C(=O)C1C. The van der Waals surface area contributed by atoms with Gasteiger partial charge >= 0.3 is 0 Å². The zero-order valence-electron chi connectivity index (χ0n) is 8.70. The summed E-state index contributed by atoms with van der Waals surface area (Å²) in [7, 11) is 0. The highest BCUT2D eigenvalue weighted by Gasteiger charge is 2.45. The first kappa shape index (κ1) is 7.92. The van der Waals surface area contributed by atoms with Crippen LogP contribution in [-0.4, -0.2) is 24.2 Å². The Morgan fingerprint density at radius 1 is 1.50 bits per heavy atom. The number of rotatable bonds is 3. The van der Waals surface area contributed by atoms with Crippen molar-refractivity contribution < 1.29 is 11.0 Å². The summed E-state index contributed by atoms with van der Waals surface area (Å²) in [5, 5.41) is 1.24. The quantitative estimate of drug-likeness (QED) is 0.625. The molecule has 0 spiro atoms. The molecule has 2 unspecified atom stereocenters. The molecule has 0 radical (unpaired) electrons. The molecule has 0 saturated heterocycles. The maximum Gasteiger partial charge on any atom is 0.216 e. The first-order chi connectivity index (χ1) is 5.95. The van der Waals surface area contributed by atoms with Gasteiger partial charge in [-0.3, -0.25) is 9.59 Å². The van der Waals surface area contributed by atoms with Crippen LogP contribution in [0.3, 0.4) is 0 Å². The van der Waals surface area contributed by atoms with Crippen molar-refractivity contribution in [3.05, 3.63) is 0 Å². The topological polar surface area (TPSA) is 46.2 Å². The molecule has 3 heteroatoms. The zero-order valence-corrected chi connectivity index (χ0v) is 7.70. The molecule has 1 aliphatic carbocycles. The van der Waals surface area contributed by atoms with Crippen molar-refractivity contribution >= 4 is 11.6 Å². The maximum atomic E-state index is 11.1. The fourth-order valence-corrected chi connectivity index (χ4v) is 1.21. The molecule has 3 nitrogen and oxygen atoms in total. The minimum absolute atomic E-state index is 0.288. The highest BCUT2D eigenvalue weighted by molar-refractivity contribution is 6.47. The Kier molecular flexibility index (Phi) is 2.21. The fraction of sp³-hybridized carbons (Fsp3) is 0.778. The van der Waals surface area contributed by atoms with E-state index in [1.54, 1.807) is 6.92 Å². The molecule has 0 aromatic heterocycles. The third-order valence-corrected chi connectivity index (χ3v) is 2.07. The lowest BCUT2D eigenvalue weighted by molar-refractivity contribution is -0.149. The molecular formula is C9H15NO2. The molecule has 1 N–H and O–H groups in total. The standard InChI is InChI=1S/C9H15NO2/c1-5(2)4-10-7-6(3)8(11)9(7)12/h5-7,10H,4H2,1-3H3/i/hT. The summed E-state index contributed by atoms with van der Waals surface area (Å²) in [4.78, 5) is 22.0. The lowest BCUT2D eigenvalue weighted by atomic mass is 9.78. The van der Waals surface area contributed by atoms with E-state index in [2.05, 4.69) is 0 Å². The average molecular weight is 171 g/mol. The van der Waals surface area contributed by atoms with Crippen molar-refractivity contribution in [2.24, 2.45) is 11.8 Å². The van der Waals surface area contributed by atoms with Crippen molar-refractivity contribution in [2.75, 3.05) is 6.54 Å². The van der Waals surface area contributed by atoms with Gasteiger partial charge in [-0.2, -0.15) is 0 Å². The van der Waals surface area contributed by atoms with Gasteiger partial charge in [-0.15, -0.1) is 0 Å². The van der Waals surface area contributed by atoms with Crippen LogP contribution in [0, 0.1) is 11.8 Å². The molecule has 0 amide bonds. The Hall–Kier alpha value is -0.700. The normalized spacial score (nSPS) is 30.9. The van der Waals surface area contributed by atoms with Gasteiger partial charge in [-0.05, 0) is 12.5 Å². The van der Waals surface area contributed by atoms with Gasteiger partial charge in [-0.1, -0.05) is 20.8 Å². The van der Waals surface area contributed by atoms with E-state index in [-0.39, 0.29) is 11.7 Å². The van der Waals surface area contributed by atoms with Gasteiger partial charge in [0.25, 0.3) is 0 Å². The van der Waals surface area contributed by atoms with Gasteiger partial charge in [-0.25, -0.2) is 0 Å². The number of carbonyl (C=O) groups is 2. The number of ketones is 2. The summed E-state index contributed by atoms with van der Waals surface area (Å²) < 4.78 is 7.57. The first-order valence-corrected chi connectivity index (χ1v) is 4.28. The summed E-state index contributed by atoms with van der Waals surface area (Å²) >= 11 is 0. The summed E-state index contributed by atoms with van der Waals surface area (Å²) in [5.41, 5.74) is 0. The molecule has 1 aliphatic rings. The Labute approximate surface area is 74.0 Å². The summed E-state index contributed by atoms with van der Waals surface area (Å²) in [5.74, 6) is -0.675. The van der Waals surface area contributed by atoms with Crippen LogP contribution in [0.1, 0.15) is 20.8 Å². The minimum atomic E-state index is -0.491. The third kappa shape index (κ3) is 1.55. The molecule has 0 aromatic rings. The van der Waals surface area contributed by atoms with E-state index in [1.165, 1.54) is 5.31 Å². The lowest BCUT2D eigenvalue weighted by Gasteiger charge is -2.31. The molecule has 0 aromatic carbocycles. The number of Topliss-reactive ketones (excluding diaryl/α,β-unsaturated/α-hetero) is 2. The number of nitrogens with one attached hydrogen (secondary N) is 1. The van der Waals surface area contributed by atoms with E-state index >= 15 is 0 Å². The molecule has 12 heavy (non-hydrogen) atoms. The highest BCUT2D eigenvalue weighted by atomic mass is 16.2. The Bertz CT molecular complexity index is 240. The van der Waals surface area contributed by atoms with Gasteiger partial charge < -0.3 is 5.31 Å². The predicted molar refractivity (Wildman–Crippen MR) is 45.8 cm³/mol. The molecule has 1 rings (SSSR count). The molecule has 0 aliphatic heterocycles. The smallest absolute Gasteiger partial charge is 0.216 e. The van der Waals surface area contributed by atoms with Crippen LogP contribution in [0.5, 0.6) is 0 Å². The molecule has 0 heterocycles. The highest BCUT2D eigenvalue weighted by Crippen LogP contribution is 2.18. The van der Waals surface area contributed by atoms with Gasteiger partial charge in [0, 0.05) is 5.92 Å². The average Bonchev–Trinajstić information content (AvgIpc) is 2.02. The van der Waals surface area contributed by atoms with Crippen molar-refractivity contribution in [3.8, 4) is 0 Å². The van der Waals surface area contributed by atoms with Crippen LogP contribution < -0.4 is 5.31 Å². The fourth-order valence-electron chi connectivity index (χ4n) is 1.21. The number of hydrogen-bond donors (Lipinski definition) is 1. The van der Waals surface area contributed by atoms with Crippen LogP contribution in [0.2, 0.25) is 1.41 Å². The summed E-state index contributed by atoms with van der Waals surface area (Å²) in [6.07, 6.45) is 0. The molecular weight excluding hydrogens is 154 g/mol. The van der Waals surface area contributed by atoms with Crippen LogP contribution in [0.4, 0.5) is 0 Å². The monoisotopic (exact) mass is 171 g/mol. The second kappa shape index (κ2) is 3.35. The molecule has 1 fully saturated rings. The van der Waals surface area contributed by atoms with E-state index in [0.717, 1.165) is 0 Å². The summed E-state index contributed by atoms with van der Waals surface area (Å²) in [6.45, 7) is 6.21. The van der Waals surface area contributed by atoms with Gasteiger partial charge in [0.2, 0.25) is 11.6 Å². The van der Waals surface area contributed by atoms with Gasteiger partial charge in [0.15, 0.2) is 0 Å². The Morgan fingerprint density at radius 3 is 2.50 bits per heavy atom. The Balaban J connectivity index is 2.54. The summed E-state index contributed by atoms with van der Waals surface area (Å²) in [6, 6.07) is -0.491. The zero-order chi connectivity index (χ0) is 10.2. The maximum absolute atomic E-state index is 11.1. The van der Waals surface area contributed by atoms with Crippen LogP contribution in [0.25, 0.3) is 0 Å². The second-order valence-electron chi connectivity index (χ2n) is 3.72. The van der Waals surface area contributed by atoms with E-state index in [0.29, 0.717) is 12.5 Å². The largest absolute Gasteiger partial charge is 0.306 e. The van der Waals surface area contributed by atoms with Crippen LogP contribution in [-0.2, 0) is 9.59 Å². The van der Waals surface area contributed by atoms with Crippen molar-refractivity contribution in [2.45, 2.75) is 26.8 Å². The Morgan fingerprint density at radius 2 is 2.08 bits per heavy atom. The van der Waals surface area contributed by atoms with Crippen molar-refractivity contribution in [3.63, 3.8) is 0 Å². The minimum Gasteiger partial charge on any atom is -0.306 e. The second-order valence-corrected chi connectivity index (χ2v) is 3.72.